The summed E-state index contributed by atoms with van der Waals surface area (Å²) in [6, 6.07) is 28.8. The standard InChI is InChI=1S/C27H29FO5/c28-19-27(20-30-16-21-10-4-1-5-11-21)25(32-18-23-14-8-3-9-15-23)24(26(29)33-27)31-17-22-12-6-2-7-13-22/h1-15,24-26,29H,16-20H2/t24-,25+,26?,27-/m1/s1. The highest BCUT2D eigenvalue weighted by molar-refractivity contribution is 5.16. The summed E-state index contributed by atoms with van der Waals surface area (Å²) in [5.74, 6) is 0. The number of halogens is 1. The molecule has 1 unspecified atom stereocenters. The number of rotatable bonds is 11. The zero-order valence-electron chi connectivity index (χ0n) is 18.4. The summed E-state index contributed by atoms with van der Waals surface area (Å²) < 4.78 is 38.2. The molecule has 4 atom stereocenters. The van der Waals surface area contributed by atoms with Crippen molar-refractivity contribution in [1.82, 2.24) is 0 Å². The monoisotopic (exact) mass is 452 g/mol. The predicted molar refractivity (Wildman–Crippen MR) is 122 cm³/mol. The summed E-state index contributed by atoms with van der Waals surface area (Å²) in [5.41, 5.74) is 1.34. The minimum Gasteiger partial charge on any atom is -0.374 e. The third-order valence-corrected chi connectivity index (χ3v) is 5.70. The van der Waals surface area contributed by atoms with Crippen molar-refractivity contribution in [2.75, 3.05) is 13.3 Å². The van der Waals surface area contributed by atoms with E-state index in [0.717, 1.165) is 16.7 Å². The summed E-state index contributed by atoms with van der Waals surface area (Å²) in [6.07, 6.45) is -3.08. The number of ether oxygens (including phenoxy) is 4. The van der Waals surface area contributed by atoms with Crippen LogP contribution in [0.25, 0.3) is 0 Å². The predicted octanol–water partition coefficient (Wildman–Crippen LogP) is 4.43. The minimum absolute atomic E-state index is 0.0832. The smallest absolute Gasteiger partial charge is 0.184 e. The lowest BCUT2D eigenvalue weighted by Gasteiger charge is -2.32. The van der Waals surface area contributed by atoms with Crippen LogP contribution in [0, 0.1) is 0 Å². The molecule has 1 saturated heterocycles. The molecule has 3 aromatic rings. The highest BCUT2D eigenvalue weighted by Crippen LogP contribution is 2.36. The van der Waals surface area contributed by atoms with Gasteiger partial charge in [-0.3, -0.25) is 0 Å². The van der Waals surface area contributed by atoms with Gasteiger partial charge in [0.05, 0.1) is 26.4 Å². The Labute approximate surface area is 193 Å². The molecule has 0 radical (unpaired) electrons. The van der Waals surface area contributed by atoms with Gasteiger partial charge in [0.25, 0.3) is 0 Å². The van der Waals surface area contributed by atoms with E-state index in [0.29, 0.717) is 6.61 Å². The number of hydrogen-bond acceptors (Lipinski definition) is 5. The summed E-state index contributed by atoms with van der Waals surface area (Å²) >= 11 is 0. The zero-order valence-corrected chi connectivity index (χ0v) is 18.4. The normalized spacial score (nSPS) is 24.7. The minimum atomic E-state index is -1.48. The van der Waals surface area contributed by atoms with E-state index in [4.69, 9.17) is 18.9 Å². The third-order valence-electron chi connectivity index (χ3n) is 5.70. The Morgan fingerprint density at radius 2 is 1.21 bits per heavy atom. The second-order valence-electron chi connectivity index (χ2n) is 8.16. The quantitative estimate of drug-likeness (QED) is 0.467. The van der Waals surface area contributed by atoms with Crippen LogP contribution < -0.4 is 0 Å². The van der Waals surface area contributed by atoms with Crippen LogP contribution in [0.4, 0.5) is 4.39 Å². The summed E-state index contributed by atoms with van der Waals surface area (Å²) in [6.45, 7) is -0.204. The van der Waals surface area contributed by atoms with Crippen molar-refractivity contribution in [3.05, 3.63) is 108 Å². The Balaban J connectivity index is 1.49. The first kappa shape index (κ1) is 23.5. The highest BCUT2D eigenvalue weighted by atomic mass is 19.1. The molecule has 0 saturated carbocycles. The Bertz CT molecular complexity index is 956. The Kier molecular flexibility index (Phi) is 8.20. The van der Waals surface area contributed by atoms with Gasteiger partial charge in [0.2, 0.25) is 0 Å². The molecule has 3 aromatic carbocycles. The van der Waals surface area contributed by atoms with Crippen LogP contribution in [0.15, 0.2) is 91.0 Å². The first-order valence-corrected chi connectivity index (χ1v) is 11.0. The van der Waals surface area contributed by atoms with Crippen molar-refractivity contribution in [2.24, 2.45) is 0 Å². The van der Waals surface area contributed by atoms with Crippen molar-refractivity contribution in [3.8, 4) is 0 Å². The fourth-order valence-corrected chi connectivity index (χ4v) is 3.94. The molecule has 1 N–H and O–H groups in total. The largest absolute Gasteiger partial charge is 0.374 e. The third kappa shape index (κ3) is 6.05. The maximum atomic E-state index is 14.5. The molecule has 5 nitrogen and oxygen atoms in total. The van der Waals surface area contributed by atoms with Crippen molar-refractivity contribution >= 4 is 0 Å². The average Bonchev–Trinajstić information content (AvgIpc) is 3.14. The maximum absolute atomic E-state index is 14.5. The van der Waals surface area contributed by atoms with E-state index in [9.17, 15) is 9.50 Å². The van der Waals surface area contributed by atoms with Gasteiger partial charge < -0.3 is 24.1 Å². The lowest BCUT2D eigenvalue weighted by molar-refractivity contribution is -0.194. The molecule has 1 fully saturated rings. The van der Waals surface area contributed by atoms with Gasteiger partial charge in [0.15, 0.2) is 11.9 Å². The number of aliphatic hydroxyl groups is 1. The second kappa shape index (κ2) is 11.5. The number of aliphatic hydroxyl groups excluding tert-OH is 1. The Hall–Kier alpha value is -2.61. The fourth-order valence-electron chi connectivity index (χ4n) is 3.94. The topological polar surface area (TPSA) is 57.2 Å². The van der Waals surface area contributed by atoms with Gasteiger partial charge in [-0.2, -0.15) is 0 Å². The molecule has 0 amide bonds. The van der Waals surface area contributed by atoms with E-state index in [1.165, 1.54) is 0 Å². The van der Waals surface area contributed by atoms with E-state index < -0.39 is 30.8 Å². The van der Waals surface area contributed by atoms with Crippen molar-refractivity contribution in [3.63, 3.8) is 0 Å². The molecule has 0 bridgehead atoms. The molecule has 174 valence electrons. The van der Waals surface area contributed by atoms with Crippen LogP contribution >= 0.6 is 0 Å². The van der Waals surface area contributed by atoms with Crippen molar-refractivity contribution in [1.29, 1.82) is 0 Å². The maximum Gasteiger partial charge on any atom is 0.184 e. The van der Waals surface area contributed by atoms with Gasteiger partial charge in [0.1, 0.15) is 18.9 Å². The summed E-state index contributed by atoms with van der Waals surface area (Å²) in [7, 11) is 0. The summed E-state index contributed by atoms with van der Waals surface area (Å²) in [4.78, 5) is 0. The van der Waals surface area contributed by atoms with Crippen LogP contribution in [0.1, 0.15) is 16.7 Å². The molecule has 1 aliphatic rings. The number of benzene rings is 3. The highest BCUT2D eigenvalue weighted by Gasteiger charge is 2.57. The SMILES string of the molecule is OC1O[C@](CF)(COCc2ccccc2)[C@@H](OCc2ccccc2)[C@H]1OCc1ccccc1. The molecular formula is C27H29FO5. The first-order chi connectivity index (χ1) is 16.2. The Morgan fingerprint density at radius 3 is 1.73 bits per heavy atom. The molecular weight excluding hydrogens is 423 g/mol. The van der Waals surface area contributed by atoms with Crippen molar-refractivity contribution in [2.45, 2.75) is 43.9 Å². The summed E-state index contributed by atoms with van der Waals surface area (Å²) in [5, 5.41) is 10.7. The van der Waals surface area contributed by atoms with Crippen LogP contribution in [0.2, 0.25) is 0 Å². The van der Waals surface area contributed by atoms with E-state index in [1.807, 2.05) is 91.0 Å². The van der Waals surface area contributed by atoms with Crippen LogP contribution in [0.5, 0.6) is 0 Å². The zero-order chi connectivity index (χ0) is 22.9. The van der Waals surface area contributed by atoms with Crippen LogP contribution in [-0.4, -0.2) is 42.5 Å². The average molecular weight is 453 g/mol. The van der Waals surface area contributed by atoms with Gasteiger partial charge in [0, 0.05) is 0 Å². The molecule has 0 aromatic heterocycles. The molecule has 0 spiro atoms. The Morgan fingerprint density at radius 1 is 0.727 bits per heavy atom. The lowest BCUT2D eigenvalue weighted by Crippen LogP contribution is -2.51. The molecule has 0 aliphatic carbocycles. The fraction of sp³-hybridized carbons (Fsp3) is 0.333. The van der Waals surface area contributed by atoms with E-state index in [2.05, 4.69) is 0 Å². The first-order valence-electron chi connectivity index (χ1n) is 11.0. The van der Waals surface area contributed by atoms with Gasteiger partial charge in [-0.25, -0.2) is 4.39 Å². The molecule has 1 heterocycles. The second-order valence-corrected chi connectivity index (χ2v) is 8.16. The molecule has 1 aliphatic heterocycles. The molecule has 4 rings (SSSR count). The van der Waals surface area contributed by atoms with E-state index >= 15 is 0 Å². The van der Waals surface area contributed by atoms with Crippen LogP contribution in [0.3, 0.4) is 0 Å². The van der Waals surface area contributed by atoms with Gasteiger partial charge in [-0.15, -0.1) is 0 Å². The van der Waals surface area contributed by atoms with E-state index in [-0.39, 0.29) is 19.8 Å². The van der Waals surface area contributed by atoms with Gasteiger partial charge >= 0.3 is 0 Å². The molecule has 6 heteroatoms. The van der Waals surface area contributed by atoms with Gasteiger partial charge in [-0.1, -0.05) is 91.0 Å². The van der Waals surface area contributed by atoms with E-state index in [1.54, 1.807) is 0 Å². The number of alkyl halides is 1. The van der Waals surface area contributed by atoms with Gasteiger partial charge in [-0.05, 0) is 16.7 Å². The lowest BCUT2D eigenvalue weighted by atomic mass is 9.97. The molecule has 33 heavy (non-hydrogen) atoms. The number of hydrogen-bond donors (Lipinski definition) is 1. The van der Waals surface area contributed by atoms with Crippen LogP contribution in [-0.2, 0) is 38.8 Å². The van der Waals surface area contributed by atoms with Crippen molar-refractivity contribution < 1.29 is 28.4 Å².